The molecule has 1 aliphatic heterocycles. The first kappa shape index (κ1) is 14.1. The third kappa shape index (κ3) is 2.09. The van der Waals surface area contributed by atoms with Gasteiger partial charge in [-0.15, -0.1) is 0 Å². The van der Waals surface area contributed by atoms with E-state index in [9.17, 15) is 8.42 Å². The van der Waals surface area contributed by atoms with Crippen molar-refractivity contribution in [1.29, 1.82) is 0 Å². The maximum absolute atomic E-state index is 12.9. The van der Waals surface area contributed by atoms with Gasteiger partial charge in [0.05, 0.1) is 4.90 Å². The summed E-state index contributed by atoms with van der Waals surface area (Å²) in [4.78, 5) is 0.437. The van der Waals surface area contributed by atoms with Crippen LogP contribution in [0.2, 0.25) is 0 Å². The lowest BCUT2D eigenvalue weighted by atomic mass is 9.70. The van der Waals surface area contributed by atoms with E-state index in [1.807, 2.05) is 19.1 Å². The Labute approximate surface area is 122 Å². The molecule has 2 aliphatic rings. The number of sulfonamides is 1. The zero-order valence-electron chi connectivity index (χ0n) is 12.5. The van der Waals surface area contributed by atoms with Gasteiger partial charge in [0, 0.05) is 12.6 Å². The molecule has 0 spiro atoms. The second-order valence-corrected chi connectivity index (χ2v) is 8.74. The molecule has 3 nitrogen and oxygen atoms in total. The van der Waals surface area contributed by atoms with E-state index in [-0.39, 0.29) is 11.5 Å². The summed E-state index contributed by atoms with van der Waals surface area (Å²) >= 11 is 0. The molecule has 1 saturated carbocycles. The van der Waals surface area contributed by atoms with E-state index in [2.05, 4.69) is 13.8 Å². The van der Waals surface area contributed by atoms with Gasteiger partial charge in [-0.05, 0) is 49.7 Å². The van der Waals surface area contributed by atoms with Gasteiger partial charge in [-0.1, -0.05) is 31.5 Å². The Morgan fingerprint density at radius 1 is 1.20 bits per heavy atom. The average molecular weight is 293 g/mol. The van der Waals surface area contributed by atoms with E-state index < -0.39 is 10.0 Å². The molecular formula is C16H23NO2S. The normalized spacial score (nSPS) is 34.4. The number of hydrogen-bond acceptors (Lipinski definition) is 2. The lowest BCUT2D eigenvalue weighted by Crippen LogP contribution is -2.35. The molecule has 4 heteroatoms. The van der Waals surface area contributed by atoms with Gasteiger partial charge in [-0.3, -0.25) is 0 Å². The molecule has 2 fully saturated rings. The van der Waals surface area contributed by atoms with Crippen molar-refractivity contribution in [2.24, 2.45) is 11.3 Å². The molecule has 0 N–H and O–H groups in total. The molecule has 110 valence electrons. The van der Waals surface area contributed by atoms with E-state index in [1.165, 1.54) is 0 Å². The van der Waals surface area contributed by atoms with Crippen molar-refractivity contribution in [3.05, 3.63) is 29.8 Å². The van der Waals surface area contributed by atoms with Crippen LogP contribution in [0.3, 0.4) is 0 Å². The fourth-order valence-electron chi connectivity index (χ4n) is 3.71. The summed E-state index contributed by atoms with van der Waals surface area (Å²) < 4.78 is 27.5. The molecular weight excluding hydrogens is 270 g/mol. The lowest BCUT2D eigenvalue weighted by molar-refractivity contribution is 0.179. The summed E-state index contributed by atoms with van der Waals surface area (Å²) in [6.07, 6.45) is 3.15. The monoisotopic (exact) mass is 293 g/mol. The number of hydrogen-bond donors (Lipinski definition) is 0. The highest BCUT2D eigenvalue weighted by Gasteiger charge is 2.51. The largest absolute Gasteiger partial charge is 0.243 e. The van der Waals surface area contributed by atoms with Gasteiger partial charge < -0.3 is 0 Å². The van der Waals surface area contributed by atoms with Crippen molar-refractivity contribution in [2.75, 3.05) is 6.54 Å². The molecule has 1 aliphatic carbocycles. The number of aryl methyl sites for hydroxylation is 1. The molecule has 1 saturated heterocycles. The zero-order valence-corrected chi connectivity index (χ0v) is 13.3. The van der Waals surface area contributed by atoms with Crippen LogP contribution >= 0.6 is 0 Å². The van der Waals surface area contributed by atoms with Crippen LogP contribution in [-0.2, 0) is 10.0 Å². The smallest absolute Gasteiger partial charge is 0.207 e. The van der Waals surface area contributed by atoms with Gasteiger partial charge in [0.2, 0.25) is 10.0 Å². The van der Waals surface area contributed by atoms with Crippen LogP contribution in [0.1, 0.15) is 38.7 Å². The van der Waals surface area contributed by atoms with Crippen molar-refractivity contribution < 1.29 is 8.42 Å². The van der Waals surface area contributed by atoms with Crippen molar-refractivity contribution >= 4 is 10.0 Å². The van der Waals surface area contributed by atoms with Gasteiger partial charge in [-0.25, -0.2) is 8.42 Å². The summed E-state index contributed by atoms with van der Waals surface area (Å²) in [6.45, 7) is 7.16. The predicted octanol–water partition coefficient (Wildman–Crippen LogP) is 3.19. The Balaban J connectivity index is 1.95. The average Bonchev–Trinajstić information content (AvgIpc) is 2.70. The first-order valence-electron chi connectivity index (χ1n) is 7.41. The third-order valence-corrected chi connectivity index (χ3v) is 7.29. The van der Waals surface area contributed by atoms with E-state index >= 15 is 0 Å². The molecule has 3 unspecified atom stereocenters. The Kier molecular flexibility index (Phi) is 3.22. The Morgan fingerprint density at radius 2 is 1.85 bits per heavy atom. The standard InChI is InChI=1S/C16H23NO2S/c1-12-4-8-15(9-5-12)20(18,19)17-11-16(3)10-14(17)7-6-13(16)2/h4-5,8-9,13-14H,6-7,10-11H2,1-3H3. The SMILES string of the molecule is Cc1ccc(S(=O)(=O)N2CC3(C)CC2CCC3C)cc1. The summed E-state index contributed by atoms with van der Waals surface area (Å²) in [5.74, 6) is 0.608. The summed E-state index contributed by atoms with van der Waals surface area (Å²) in [7, 11) is -3.34. The number of nitrogens with zero attached hydrogens (tertiary/aromatic N) is 1. The maximum Gasteiger partial charge on any atom is 0.243 e. The highest BCUT2D eigenvalue weighted by Crippen LogP contribution is 2.50. The van der Waals surface area contributed by atoms with Crippen LogP contribution in [0.5, 0.6) is 0 Å². The van der Waals surface area contributed by atoms with Crippen molar-refractivity contribution in [1.82, 2.24) is 4.31 Å². The van der Waals surface area contributed by atoms with E-state index in [0.29, 0.717) is 17.4 Å². The Bertz CT molecular complexity index is 608. The fourth-order valence-corrected chi connectivity index (χ4v) is 5.50. The van der Waals surface area contributed by atoms with Gasteiger partial charge in [0.15, 0.2) is 0 Å². The Morgan fingerprint density at radius 3 is 2.45 bits per heavy atom. The second kappa shape index (κ2) is 4.57. The van der Waals surface area contributed by atoms with E-state index in [0.717, 1.165) is 24.8 Å². The van der Waals surface area contributed by atoms with Crippen LogP contribution < -0.4 is 0 Å². The number of fused-ring (bicyclic) bond motifs is 2. The van der Waals surface area contributed by atoms with Gasteiger partial charge >= 0.3 is 0 Å². The molecule has 1 heterocycles. The van der Waals surface area contributed by atoms with Gasteiger partial charge in [0.25, 0.3) is 0 Å². The highest BCUT2D eigenvalue weighted by atomic mass is 32.2. The van der Waals surface area contributed by atoms with Crippen LogP contribution in [0.4, 0.5) is 0 Å². The first-order chi connectivity index (χ1) is 9.33. The molecule has 3 rings (SSSR count). The maximum atomic E-state index is 12.9. The molecule has 0 radical (unpaired) electrons. The van der Waals surface area contributed by atoms with Gasteiger partial charge in [0.1, 0.15) is 0 Å². The molecule has 3 atom stereocenters. The van der Waals surface area contributed by atoms with Crippen molar-refractivity contribution in [2.45, 2.75) is 51.0 Å². The molecule has 20 heavy (non-hydrogen) atoms. The minimum absolute atomic E-state index is 0.153. The number of rotatable bonds is 2. The minimum Gasteiger partial charge on any atom is -0.207 e. The first-order valence-corrected chi connectivity index (χ1v) is 8.85. The van der Waals surface area contributed by atoms with Crippen LogP contribution in [0, 0.1) is 18.3 Å². The highest BCUT2D eigenvalue weighted by molar-refractivity contribution is 7.89. The quantitative estimate of drug-likeness (QED) is 0.839. The van der Waals surface area contributed by atoms with Crippen LogP contribution in [0.25, 0.3) is 0 Å². The van der Waals surface area contributed by atoms with Crippen LogP contribution in [0.15, 0.2) is 29.2 Å². The predicted molar refractivity (Wildman–Crippen MR) is 80.0 cm³/mol. The van der Waals surface area contributed by atoms with E-state index in [1.54, 1.807) is 16.4 Å². The molecule has 2 bridgehead atoms. The number of benzene rings is 1. The minimum atomic E-state index is -3.34. The fraction of sp³-hybridized carbons (Fsp3) is 0.625. The third-order valence-electron chi connectivity index (χ3n) is 5.38. The Hall–Kier alpha value is -0.870. The molecule has 1 aromatic carbocycles. The van der Waals surface area contributed by atoms with Gasteiger partial charge in [-0.2, -0.15) is 4.31 Å². The summed E-state index contributed by atoms with van der Waals surface area (Å²) in [5.41, 5.74) is 1.24. The molecule has 1 aromatic rings. The summed E-state index contributed by atoms with van der Waals surface area (Å²) in [6, 6.07) is 7.42. The second-order valence-electron chi connectivity index (χ2n) is 6.85. The van der Waals surface area contributed by atoms with Crippen molar-refractivity contribution in [3.8, 4) is 0 Å². The topological polar surface area (TPSA) is 37.4 Å². The zero-order chi connectivity index (χ0) is 14.5. The van der Waals surface area contributed by atoms with Crippen LogP contribution in [-0.4, -0.2) is 25.3 Å². The molecule has 0 amide bonds. The molecule has 0 aromatic heterocycles. The summed E-state index contributed by atoms with van der Waals surface area (Å²) in [5, 5.41) is 0. The lowest BCUT2D eigenvalue weighted by Gasteiger charge is -2.34. The van der Waals surface area contributed by atoms with Crippen molar-refractivity contribution in [3.63, 3.8) is 0 Å². The van der Waals surface area contributed by atoms with E-state index in [4.69, 9.17) is 0 Å².